The standard InChI is InChI=1S/C13H16Cl2N2O2/c14-10-2-1-3-11(15)13(10)16-12(19)8-17-6-4-9(18)5-7-17/h1-3,9,18H,4-8H2,(H,16,19). The van der Waals surface area contributed by atoms with Gasteiger partial charge in [-0.05, 0) is 25.0 Å². The first-order valence-electron chi connectivity index (χ1n) is 6.20. The fraction of sp³-hybridized carbons (Fsp3) is 0.462. The van der Waals surface area contributed by atoms with Crippen molar-refractivity contribution in [3.8, 4) is 0 Å². The summed E-state index contributed by atoms with van der Waals surface area (Å²) < 4.78 is 0. The minimum absolute atomic E-state index is 0.147. The van der Waals surface area contributed by atoms with Crippen molar-refractivity contribution >= 4 is 34.8 Å². The van der Waals surface area contributed by atoms with Crippen LogP contribution in [-0.4, -0.2) is 41.7 Å². The Morgan fingerprint density at radius 2 is 1.89 bits per heavy atom. The molecule has 0 aliphatic carbocycles. The number of anilines is 1. The number of hydrogen-bond acceptors (Lipinski definition) is 3. The molecule has 0 bridgehead atoms. The maximum Gasteiger partial charge on any atom is 0.238 e. The Morgan fingerprint density at radius 3 is 2.47 bits per heavy atom. The lowest BCUT2D eigenvalue weighted by Crippen LogP contribution is -2.40. The number of nitrogens with one attached hydrogen (secondary N) is 1. The molecule has 0 atom stereocenters. The van der Waals surface area contributed by atoms with Crippen molar-refractivity contribution in [2.45, 2.75) is 18.9 Å². The average molecular weight is 303 g/mol. The first kappa shape index (κ1) is 14.6. The van der Waals surface area contributed by atoms with Gasteiger partial charge in [0, 0.05) is 13.1 Å². The number of nitrogens with zero attached hydrogens (tertiary/aromatic N) is 1. The van der Waals surface area contributed by atoms with Gasteiger partial charge in [-0.3, -0.25) is 9.69 Å². The highest BCUT2D eigenvalue weighted by Crippen LogP contribution is 2.29. The van der Waals surface area contributed by atoms with Crippen LogP contribution in [-0.2, 0) is 4.79 Å². The van der Waals surface area contributed by atoms with E-state index in [0.29, 0.717) is 28.6 Å². The van der Waals surface area contributed by atoms with Gasteiger partial charge in [0.1, 0.15) is 0 Å². The molecular formula is C13H16Cl2N2O2. The second-order valence-electron chi connectivity index (χ2n) is 4.65. The fourth-order valence-electron chi connectivity index (χ4n) is 2.08. The van der Waals surface area contributed by atoms with Crippen molar-refractivity contribution in [2.24, 2.45) is 0 Å². The minimum Gasteiger partial charge on any atom is -0.393 e. The van der Waals surface area contributed by atoms with Crippen molar-refractivity contribution in [1.29, 1.82) is 0 Å². The molecule has 2 rings (SSSR count). The molecular weight excluding hydrogens is 287 g/mol. The summed E-state index contributed by atoms with van der Waals surface area (Å²) in [5.41, 5.74) is 0.452. The molecule has 1 aliphatic heterocycles. The van der Waals surface area contributed by atoms with Crippen LogP contribution in [0, 0.1) is 0 Å². The van der Waals surface area contributed by atoms with E-state index in [-0.39, 0.29) is 18.6 Å². The molecule has 1 aromatic carbocycles. The van der Waals surface area contributed by atoms with Gasteiger partial charge in [-0.15, -0.1) is 0 Å². The van der Waals surface area contributed by atoms with Gasteiger partial charge < -0.3 is 10.4 Å². The summed E-state index contributed by atoms with van der Waals surface area (Å²) >= 11 is 12.0. The van der Waals surface area contributed by atoms with Crippen molar-refractivity contribution in [3.05, 3.63) is 28.2 Å². The Labute approximate surface area is 122 Å². The third-order valence-electron chi connectivity index (χ3n) is 3.15. The lowest BCUT2D eigenvalue weighted by Gasteiger charge is -2.28. The van der Waals surface area contributed by atoms with E-state index in [2.05, 4.69) is 5.32 Å². The maximum absolute atomic E-state index is 11.9. The van der Waals surface area contributed by atoms with Crippen LogP contribution in [0.5, 0.6) is 0 Å². The number of likely N-dealkylation sites (tertiary alicyclic amines) is 1. The molecule has 1 amide bonds. The van der Waals surface area contributed by atoms with Gasteiger partial charge >= 0.3 is 0 Å². The van der Waals surface area contributed by atoms with E-state index in [4.69, 9.17) is 23.2 Å². The number of carbonyl (C=O) groups excluding carboxylic acids is 1. The second kappa shape index (κ2) is 6.57. The predicted octanol–water partition coefficient (Wildman–Crippen LogP) is 2.39. The predicted molar refractivity (Wildman–Crippen MR) is 76.8 cm³/mol. The quantitative estimate of drug-likeness (QED) is 0.901. The van der Waals surface area contributed by atoms with Crippen LogP contribution in [0.1, 0.15) is 12.8 Å². The highest BCUT2D eigenvalue weighted by molar-refractivity contribution is 6.39. The normalized spacial score (nSPS) is 17.4. The SMILES string of the molecule is O=C(CN1CCC(O)CC1)Nc1c(Cl)cccc1Cl. The van der Waals surface area contributed by atoms with Crippen molar-refractivity contribution < 1.29 is 9.90 Å². The molecule has 1 heterocycles. The molecule has 4 nitrogen and oxygen atoms in total. The van der Waals surface area contributed by atoms with Crippen LogP contribution >= 0.6 is 23.2 Å². The van der Waals surface area contributed by atoms with Crippen LogP contribution in [0.25, 0.3) is 0 Å². The number of aliphatic hydroxyl groups excluding tert-OH is 1. The molecule has 0 aromatic heterocycles. The van der Waals surface area contributed by atoms with Crippen LogP contribution in [0.4, 0.5) is 5.69 Å². The molecule has 1 aliphatic rings. The summed E-state index contributed by atoms with van der Waals surface area (Å²) in [6.45, 7) is 1.74. The number of hydrogen-bond donors (Lipinski definition) is 2. The fourth-order valence-corrected chi connectivity index (χ4v) is 2.57. The summed E-state index contributed by atoms with van der Waals surface area (Å²) in [7, 11) is 0. The number of amides is 1. The van der Waals surface area contributed by atoms with Crippen LogP contribution in [0.3, 0.4) is 0 Å². The monoisotopic (exact) mass is 302 g/mol. The lowest BCUT2D eigenvalue weighted by atomic mass is 10.1. The highest BCUT2D eigenvalue weighted by atomic mass is 35.5. The van der Waals surface area contributed by atoms with Crippen molar-refractivity contribution in [3.63, 3.8) is 0 Å². The van der Waals surface area contributed by atoms with E-state index < -0.39 is 0 Å². The van der Waals surface area contributed by atoms with Gasteiger partial charge in [0.15, 0.2) is 0 Å². The molecule has 2 N–H and O–H groups in total. The van der Waals surface area contributed by atoms with Crippen LogP contribution in [0.15, 0.2) is 18.2 Å². The Bertz CT molecular complexity index is 440. The summed E-state index contributed by atoms with van der Waals surface area (Å²) in [5, 5.41) is 13.0. The molecule has 0 radical (unpaired) electrons. The summed E-state index contributed by atoms with van der Waals surface area (Å²) in [6, 6.07) is 5.09. The number of halogens is 2. The molecule has 1 saturated heterocycles. The number of benzene rings is 1. The lowest BCUT2D eigenvalue weighted by molar-refractivity contribution is -0.117. The van der Waals surface area contributed by atoms with E-state index >= 15 is 0 Å². The first-order valence-corrected chi connectivity index (χ1v) is 6.96. The first-order chi connectivity index (χ1) is 9.06. The molecule has 104 valence electrons. The zero-order valence-corrected chi connectivity index (χ0v) is 11.9. The van der Waals surface area contributed by atoms with Gasteiger partial charge in [0.2, 0.25) is 5.91 Å². The molecule has 6 heteroatoms. The van der Waals surface area contributed by atoms with Crippen LogP contribution < -0.4 is 5.32 Å². The van der Waals surface area contributed by atoms with Gasteiger partial charge in [-0.25, -0.2) is 0 Å². The van der Waals surface area contributed by atoms with E-state index in [1.54, 1.807) is 18.2 Å². The second-order valence-corrected chi connectivity index (χ2v) is 5.47. The zero-order chi connectivity index (χ0) is 13.8. The van der Waals surface area contributed by atoms with Gasteiger partial charge in [0.25, 0.3) is 0 Å². The van der Waals surface area contributed by atoms with Crippen molar-refractivity contribution in [2.75, 3.05) is 25.0 Å². The number of aliphatic hydroxyl groups is 1. The van der Waals surface area contributed by atoms with Crippen LogP contribution in [0.2, 0.25) is 10.0 Å². The Hall–Kier alpha value is -0.810. The van der Waals surface area contributed by atoms with E-state index in [9.17, 15) is 9.90 Å². The molecule has 0 saturated carbocycles. The summed E-state index contributed by atoms with van der Waals surface area (Å²) in [5.74, 6) is -0.147. The summed E-state index contributed by atoms with van der Waals surface area (Å²) in [4.78, 5) is 13.9. The number of para-hydroxylation sites is 1. The number of piperidine rings is 1. The Morgan fingerprint density at radius 1 is 1.32 bits per heavy atom. The van der Waals surface area contributed by atoms with E-state index in [1.807, 2.05) is 4.90 Å². The molecule has 1 aromatic rings. The third-order valence-corrected chi connectivity index (χ3v) is 3.78. The zero-order valence-electron chi connectivity index (χ0n) is 10.4. The molecule has 0 spiro atoms. The smallest absolute Gasteiger partial charge is 0.238 e. The van der Waals surface area contributed by atoms with Crippen molar-refractivity contribution in [1.82, 2.24) is 4.90 Å². The largest absolute Gasteiger partial charge is 0.393 e. The Kier molecular flexibility index (Phi) is 5.05. The van der Waals surface area contributed by atoms with E-state index in [0.717, 1.165) is 13.1 Å². The number of rotatable bonds is 3. The average Bonchev–Trinajstić information content (AvgIpc) is 2.37. The topological polar surface area (TPSA) is 52.6 Å². The summed E-state index contributed by atoms with van der Waals surface area (Å²) in [6.07, 6.45) is 1.18. The van der Waals surface area contributed by atoms with Gasteiger partial charge in [-0.2, -0.15) is 0 Å². The van der Waals surface area contributed by atoms with Gasteiger partial charge in [-0.1, -0.05) is 29.3 Å². The minimum atomic E-state index is -0.239. The molecule has 0 unspecified atom stereocenters. The Balaban J connectivity index is 1.91. The highest BCUT2D eigenvalue weighted by Gasteiger charge is 2.19. The van der Waals surface area contributed by atoms with E-state index in [1.165, 1.54) is 0 Å². The third kappa shape index (κ3) is 4.08. The molecule has 1 fully saturated rings. The maximum atomic E-state index is 11.9. The molecule has 19 heavy (non-hydrogen) atoms. The van der Waals surface area contributed by atoms with Gasteiger partial charge in [0.05, 0.1) is 28.4 Å². The number of carbonyl (C=O) groups is 1.